The molecule has 0 saturated carbocycles. The molecule has 122 valence electrons. The fourth-order valence-electron chi connectivity index (χ4n) is 2.07. The maximum Gasteiger partial charge on any atom is 0.272 e. The first-order valence-corrected chi connectivity index (χ1v) is 7.68. The summed E-state index contributed by atoms with van der Waals surface area (Å²) >= 11 is 0. The van der Waals surface area contributed by atoms with Crippen molar-refractivity contribution in [2.45, 2.75) is 26.3 Å². The molecule has 0 bridgehead atoms. The van der Waals surface area contributed by atoms with Gasteiger partial charge in [-0.1, -0.05) is 31.5 Å². The number of aromatic nitrogens is 2. The zero-order valence-corrected chi connectivity index (χ0v) is 13.4. The number of rotatable bonds is 7. The van der Waals surface area contributed by atoms with Crippen molar-refractivity contribution in [3.05, 3.63) is 53.5 Å². The highest BCUT2D eigenvalue weighted by Crippen LogP contribution is 2.09. The van der Waals surface area contributed by atoms with E-state index < -0.39 is 0 Å². The number of benzene rings is 1. The van der Waals surface area contributed by atoms with Crippen molar-refractivity contribution in [2.24, 2.45) is 0 Å². The van der Waals surface area contributed by atoms with Gasteiger partial charge in [-0.3, -0.25) is 4.79 Å². The molecule has 0 aliphatic rings. The summed E-state index contributed by atoms with van der Waals surface area (Å²) in [5, 5.41) is 10.7. The molecular weight excluding hydrogens is 295 g/mol. The van der Waals surface area contributed by atoms with Gasteiger partial charge in [-0.2, -0.15) is 0 Å². The van der Waals surface area contributed by atoms with Crippen LogP contribution in [-0.4, -0.2) is 29.7 Å². The molecule has 0 unspecified atom stereocenters. The number of hydrogen-bond acceptors (Lipinski definition) is 4. The van der Waals surface area contributed by atoms with Gasteiger partial charge in [0.1, 0.15) is 5.82 Å². The van der Waals surface area contributed by atoms with E-state index in [0.29, 0.717) is 5.56 Å². The Labute approximate surface area is 135 Å². The molecule has 1 aromatic carbocycles. The van der Waals surface area contributed by atoms with Crippen molar-refractivity contribution in [1.82, 2.24) is 15.5 Å². The van der Waals surface area contributed by atoms with Crippen molar-refractivity contribution >= 4 is 11.7 Å². The van der Waals surface area contributed by atoms with Crippen LogP contribution in [0.3, 0.4) is 0 Å². The number of unbranched alkanes of at least 4 members (excludes halogenated alkanes) is 1. The molecule has 0 aliphatic carbocycles. The first-order chi connectivity index (χ1) is 11.1. The third-order valence-electron chi connectivity index (χ3n) is 3.52. The van der Waals surface area contributed by atoms with E-state index in [1.807, 2.05) is 11.9 Å². The van der Waals surface area contributed by atoms with E-state index in [9.17, 15) is 9.18 Å². The van der Waals surface area contributed by atoms with Crippen LogP contribution in [0.15, 0.2) is 36.4 Å². The molecule has 0 aliphatic heterocycles. The number of nitrogens with zero attached hydrogens (tertiary/aromatic N) is 3. The minimum atomic E-state index is -0.372. The highest BCUT2D eigenvalue weighted by atomic mass is 19.1. The van der Waals surface area contributed by atoms with Gasteiger partial charge in [0.15, 0.2) is 11.5 Å². The standard InChI is InChI=1S/C17H21FN4O/c1-3-4-11-22(2)16-10-9-15(20-21-16)17(23)19-12-13-7-5-6-8-14(13)18/h5-10H,3-4,11-12H2,1-2H3,(H,19,23). The van der Waals surface area contributed by atoms with Gasteiger partial charge < -0.3 is 10.2 Å². The van der Waals surface area contributed by atoms with Gasteiger partial charge in [0.05, 0.1) is 0 Å². The lowest BCUT2D eigenvalue weighted by Gasteiger charge is -2.16. The lowest BCUT2D eigenvalue weighted by atomic mass is 10.2. The summed E-state index contributed by atoms with van der Waals surface area (Å²) in [6.45, 7) is 3.14. The number of amides is 1. The maximum atomic E-state index is 13.5. The van der Waals surface area contributed by atoms with Crippen LogP contribution < -0.4 is 10.2 Å². The van der Waals surface area contributed by atoms with Gasteiger partial charge >= 0.3 is 0 Å². The Morgan fingerprint density at radius 1 is 1.22 bits per heavy atom. The summed E-state index contributed by atoms with van der Waals surface area (Å²) in [7, 11) is 1.94. The van der Waals surface area contributed by atoms with Crippen LogP contribution in [0.2, 0.25) is 0 Å². The van der Waals surface area contributed by atoms with Gasteiger partial charge in [-0.25, -0.2) is 4.39 Å². The van der Waals surface area contributed by atoms with Crippen molar-refractivity contribution < 1.29 is 9.18 Å². The molecule has 5 nitrogen and oxygen atoms in total. The van der Waals surface area contributed by atoms with Crippen LogP contribution in [-0.2, 0) is 6.54 Å². The molecule has 1 amide bonds. The molecule has 2 rings (SSSR count). The van der Waals surface area contributed by atoms with E-state index in [2.05, 4.69) is 22.4 Å². The first kappa shape index (κ1) is 16.9. The SMILES string of the molecule is CCCCN(C)c1ccc(C(=O)NCc2ccccc2F)nn1. The van der Waals surface area contributed by atoms with E-state index in [-0.39, 0.29) is 24.0 Å². The van der Waals surface area contributed by atoms with E-state index in [0.717, 1.165) is 25.2 Å². The van der Waals surface area contributed by atoms with E-state index >= 15 is 0 Å². The Hall–Kier alpha value is -2.50. The Balaban J connectivity index is 1.94. The second-order valence-electron chi connectivity index (χ2n) is 5.33. The summed E-state index contributed by atoms with van der Waals surface area (Å²) < 4.78 is 13.5. The minimum Gasteiger partial charge on any atom is -0.358 e. The summed E-state index contributed by atoms with van der Waals surface area (Å²) in [5.41, 5.74) is 0.652. The first-order valence-electron chi connectivity index (χ1n) is 7.68. The smallest absolute Gasteiger partial charge is 0.272 e. The number of nitrogens with one attached hydrogen (secondary N) is 1. The number of anilines is 1. The lowest BCUT2D eigenvalue weighted by molar-refractivity contribution is 0.0944. The normalized spacial score (nSPS) is 10.4. The molecule has 0 radical (unpaired) electrons. The molecule has 0 spiro atoms. The van der Waals surface area contributed by atoms with Crippen LogP contribution >= 0.6 is 0 Å². The molecule has 1 aromatic heterocycles. The average molecular weight is 316 g/mol. The lowest BCUT2D eigenvalue weighted by Crippen LogP contribution is -2.25. The minimum absolute atomic E-state index is 0.116. The molecule has 6 heteroatoms. The van der Waals surface area contributed by atoms with E-state index in [1.54, 1.807) is 30.3 Å². The predicted molar refractivity (Wildman–Crippen MR) is 87.8 cm³/mol. The summed E-state index contributed by atoms with van der Waals surface area (Å²) in [5.74, 6) is 0.0133. The van der Waals surface area contributed by atoms with Crippen molar-refractivity contribution in [3.8, 4) is 0 Å². The quantitative estimate of drug-likeness (QED) is 0.853. The molecule has 0 saturated heterocycles. The van der Waals surface area contributed by atoms with E-state index in [4.69, 9.17) is 0 Å². The van der Waals surface area contributed by atoms with Crippen LogP contribution in [0.4, 0.5) is 10.2 Å². The van der Waals surface area contributed by atoms with Gasteiger partial charge in [-0.05, 0) is 24.6 Å². The molecule has 1 heterocycles. The van der Waals surface area contributed by atoms with Crippen molar-refractivity contribution in [2.75, 3.05) is 18.5 Å². The topological polar surface area (TPSA) is 58.1 Å². The second kappa shape index (κ2) is 8.22. The van der Waals surface area contributed by atoms with Gasteiger partial charge in [0, 0.05) is 25.7 Å². The zero-order valence-electron chi connectivity index (χ0n) is 13.4. The monoisotopic (exact) mass is 316 g/mol. The fraction of sp³-hybridized carbons (Fsp3) is 0.353. The number of carbonyl (C=O) groups excluding carboxylic acids is 1. The highest BCUT2D eigenvalue weighted by molar-refractivity contribution is 5.92. The number of carbonyl (C=O) groups is 1. The van der Waals surface area contributed by atoms with Crippen LogP contribution in [0.1, 0.15) is 35.8 Å². The molecule has 23 heavy (non-hydrogen) atoms. The molecule has 2 aromatic rings. The third kappa shape index (κ3) is 4.74. The Bertz CT molecular complexity index is 645. The Morgan fingerprint density at radius 3 is 2.65 bits per heavy atom. The second-order valence-corrected chi connectivity index (χ2v) is 5.33. The van der Waals surface area contributed by atoms with Crippen molar-refractivity contribution in [1.29, 1.82) is 0 Å². The predicted octanol–water partition coefficient (Wildman–Crippen LogP) is 2.78. The maximum absolute atomic E-state index is 13.5. The molecule has 0 atom stereocenters. The largest absolute Gasteiger partial charge is 0.358 e. The number of halogens is 1. The van der Waals surface area contributed by atoms with Gasteiger partial charge in [0.2, 0.25) is 0 Å². The highest BCUT2D eigenvalue weighted by Gasteiger charge is 2.10. The van der Waals surface area contributed by atoms with Crippen LogP contribution in [0.25, 0.3) is 0 Å². The Morgan fingerprint density at radius 2 is 2.00 bits per heavy atom. The van der Waals surface area contributed by atoms with Crippen molar-refractivity contribution in [3.63, 3.8) is 0 Å². The van der Waals surface area contributed by atoms with E-state index in [1.165, 1.54) is 6.07 Å². The van der Waals surface area contributed by atoms with Crippen LogP contribution in [0.5, 0.6) is 0 Å². The molecular formula is C17H21FN4O. The molecule has 1 N–H and O–H groups in total. The zero-order chi connectivity index (χ0) is 16.7. The average Bonchev–Trinajstić information content (AvgIpc) is 2.59. The fourth-order valence-corrected chi connectivity index (χ4v) is 2.07. The summed E-state index contributed by atoms with van der Waals surface area (Å²) in [6.07, 6.45) is 2.18. The molecule has 0 fully saturated rings. The summed E-state index contributed by atoms with van der Waals surface area (Å²) in [4.78, 5) is 14.0. The summed E-state index contributed by atoms with van der Waals surface area (Å²) in [6, 6.07) is 9.72. The Kier molecular flexibility index (Phi) is 6.02. The number of hydrogen-bond donors (Lipinski definition) is 1. The van der Waals surface area contributed by atoms with Crippen LogP contribution in [0, 0.1) is 5.82 Å². The third-order valence-corrected chi connectivity index (χ3v) is 3.52. The van der Waals surface area contributed by atoms with Gasteiger partial charge in [-0.15, -0.1) is 10.2 Å². The van der Waals surface area contributed by atoms with Gasteiger partial charge in [0.25, 0.3) is 5.91 Å².